The molecule has 1 heterocycles. The minimum atomic E-state index is 0.304. The van der Waals surface area contributed by atoms with E-state index in [-0.39, 0.29) is 0 Å². The Morgan fingerprint density at radius 3 is 2.71 bits per heavy atom. The minimum absolute atomic E-state index is 0.304. The highest BCUT2D eigenvalue weighted by Crippen LogP contribution is 2.46. The average Bonchev–Trinajstić information content (AvgIpc) is 2.72. The second-order valence-corrected chi connectivity index (χ2v) is 5.73. The Morgan fingerprint density at radius 2 is 2.18 bits per heavy atom. The Balaban J connectivity index is 1.90. The molecule has 1 saturated heterocycles. The van der Waals surface area contributed by atoms with Crippen molar-refractivity contribution in [1.29, 1.82) is 0 Å². The molecule has 0 aromatic heterocycles. The third-order valence-electron chi connectivity index (χ3n) is 4.90. The molecule has 0 spiro atoms. The maximum atomic E-state index is 5.83. The van der Waals surface area contributed by atoms with Crippen LogP contribution >= 0.6 is 0 Å². The molecule has 1 aliphatic carbocycles. The highest BCUT2D eigenvalue weighted by atomic mass is 16.5. The lowest BCUT2D eigenvalue weighted by molar-refractivity contribution is -0.129. The van der Waals surface area contributed by atoms with Crippen LogP contribution in [-0.2, 0) is 9.47 Å². The van der Waals surface area contributed by atoms with Crippen LogP contribution in [0.1, 0.15) is 47.0 Å². The standard InChI is InChI=1S/C14H27NO2/c1-5-14(4)12(9-13(14)16-6-2)15-11-7-8-17-10(11)3/h10-13,15H,5-9H2,1-4H3. The summed E-state index contributed by atoms with van der Waals surface area (Å²) >= 11 is 0. The van der Waals surface area contributed by atoms with Crippen molar-refractivity contribution in [2.75, 3.05) is 13.2 Å². The zero-order chi connectivity index (χ0) is 12.5. The summed E-state index contributed by atoms with van der Waals surface area (Å²) in [5.41, 5.74) is 0.304. The predicted octanol–water partition coefficient (Wildman–Crippen LogP) is 2.35. The van der Waals surface area contributed by atoms with Crippen LogP contribution in [0.5, 0.6) is 0 Å². The van der Waals surface area contributed by atoms with E-state index in [1.54, 1.807) is 0 Å². The molecular formula is C14H27NO2. The molecule has 0 radical (unpaired) electrons. The molecule has 1 N–H and O–H groups in total. The quantitative estimate of drug-likeness (QED) is 0.801. The summed E-state index contributed by atoms with van der Waals surface area (Å²) in [4.78, 5) is 0. The molecule has 1 saturated carbocycles. The van der Waals surface area contributed by atoms with Crippen LogP contribution in [0.3, 0.4) is 0 Å². The lowest BCUT2D eigenvalue weighted by Gasteiger charge is -2.54. The fraction of sp³-hybridized carbons (Fsp3) is 1.00. The summed E-state index contributed by atoms with van der Waals surface area (Å²) in [7, 11) is 0. The van der Waals surface area contributed by atoms with Crippen molar-refractivity contribution < 1.29 is 9.47 Å². The molecule has 0 amide bonds. The molecule has 0 aromatic rings. The van der Waals surface area contributed by atoms with Crippen LogP contribution in [-0.4, -0.2) is 37.5 Å². The van der Waals surface area contributed by atoms with E-state index >= 15 is 0 Å². The van der Waals surface area contributed by atoms with Gasteiger partial charge in [0.05, 0.1) is 12.2 Å². The van der Waals surface area contributed by atoms with E-state index in [9.17, 15) is 0 Å². The lowest BCUT2D eigenvalue weighted by atomic mass is 9.61. The molecule has 5 unspecified atom stereocenters. The third kappa shape index (κ3) is 2.38. The Labute approximate surface area is 105 Å². The molecule has 2 aliphatic rings. The highest BCUT2D eigenvalue weighted by molar-refractivity contribution is 5.06. The summed E-state index contributed by atoms with van der Waals surface area (Å²) in [6.07, 6.45) is 4.28. The third-order valence-corrected chi connectivity index (χ3v) is 4.90. The van der Waals surface area contributed by atoms with Gasteiger partial charge in [-0.2, -0.15) is 0 Å². The van der Waals surface area contributed by atoms with E-state index in [0.717, 1.165) is 26.1 Å². The van der Waals surface area contributed by atoms with Crippen LogP contribution < -0.4 is 5.32 Å². The Hall–Kier alpha value is -0.120. The zero-order valence-corrected chi connectivity index (χ0v) is 11.7. The van der Waals surface area contributed by atoms with Crippen molar-refractivity contribution in [1.82, 2.24) is 5.32 Å². The van der Waals surface area contributed by atoms with E-state index in [1.807, 2.05) is 0 Å². The molecule has 3 heteroatoms. The molecule has 5 atom stereocenters. The van der Waals surface area contributed by atoms with Gasteiger partial charge < -0.3 is 14.8 Å². The number of ether oxygens (including phenoxy) is 2. The number of nitrogens with one attached hydrogen (secondary N) is 1. The fourth-order valence-electron chi connectivity index (χ4n) is 3.22. The van der Waals surface area contributed by atoms with Crippen molar-refractivity contribution in [2.24, 2.45) is 5.41 Å². The minimum Gasteiger partial charge on any atom is -0.378 e. The van der Waals surface area contributed by atoms with Gasteiger partial charge >= 0.3 is 0 Å². The Bertz CT molecular complexity index is 259. The summed E-state index contributed by atoms with van der Waals surface area (Å²) in [6, 6.07) is 1.13. The monoisotopic (exact) mass is 241 g/mol. The van der Waals surface area contributed by atoms with Crippen molar-refractivity contribution in [3.05, 3.63) is 0 Å². The first-order chi connectivity index (χ1) is 8.11. The smallest absolute Gasteiger partial charge is 0.0700 e. The van der Waals surface area contributed by atoms with Crippen molar-refractivity contribution in [2.45, 2.75) is 71.2 Å². The van der Waals surface area contributed by atoms with E-state index in [2.05, 4.69) is 33.0 Å². The second-order valence-electron chi connectivity index (χ2n) is 5.73. The van der Waals surface area contributed by atoms with Crippen LogP contribution in [0.25, 0.3) is 0 Å². The van der Waals surface area contributed by atoms with Crippen LogP contribution in [0.4, 0.5) is 0 Å². The van der Waals surface area contributed by atoms with Gasteiger partial charge in [0, 0.05) is 30.7 Å². The summed E-state index contributed by atoms with van der Waals surface area (Å²) in [5.74, 6) is 0. The molecule has 100 valence electrons. The predicted molar refractivity (Wildman–Crippen MR) is 69.2 cm³/mol. The van der Waals surface area contributed by atoms with Gasteiger partial charge in [-0.05, 0) is 33.1 Å². The van der Waals surface area contributed by atoms with Crippen LogP contribution in [0.15, 0.2) is 0 Å². The fourth-order valence-corrected chi connectivity index (χ4v) is 3.22. The normalized spacial score (nSPS) is 45.9. The summed E-state index contributed by atoms with van der Waals surface area (Å²) in [5, 5.41) is 3.79. The van der Waals surface area contributed by atoms with Gasteiger partial charge in [0.1, 0.15) is 0 Å². The summed E-state index contributed by atoms with van der Waals surface area (Å²) < 4.78 is 11.5. The van der Waals surface area contributed by atoms with Crippen molar-refractivity contribution in [3.8, 4) is 0 Å². The van der Waals surface area contributed by atoms with Gasteiger partial charge in [0.15, 0.2) is 0 Å². The summed E-state index contributed by atoms with van der Waals surface area (Å²) in [6.45, 7) is 10.6. The van der Waals surface area contributed by atoms with Crippen molar-refractivity contribution in [3.63, 3.8) is 0 Å². The topological polar surface area (TPSA) is 30.5 Å². The maximum Gasteiger partial charge on any atom is 0.0700 e. The molecule has 3 nitrogen and oxygen atoms in total. The first-order valence-corrected chi connectivity index (χ1v) is 7.11. The van der Waals surface area contributed by atoms with E-state index in [4.69, 9.17) is 9.47 Å². The van der Waals surface area contributed by atoms with Crippen LogP contribution in [0.2, 0.25) is 0 Å². The number of hydrogen-bond acceptors (Lipinski definition) is 3. The van der Waals surface area contributed by atoms with Gasteiger partial charge in [-0.3, -0.25) is 0 Å². The molecule has 17 heavy (non-hydrogen) atoms. The first-order valence-electron chi connectivity index (χ1n) is 7.11. The van der Waals surface area contributed by atoms with Gasteiger partial charge in [0.25, 0.3) is 0 Å². The van der Waals surface area contributed by atoms with Gasteiger partial charge in [-0.1, -0.05) is 13.8 Å². The average molecular weight is 241 g/mol. The molecule has 0 bridgehead atoms. The lowest BCUT2D eigenvalue weighted by Crippen LogP contribution is -2.64. The SMILES string of the molecule is CCOC1CC(NC2CCOC2C)C1(C)CC. The molecule has 0 aromatic carbocycles. The van der Waals surface area contributed by atoms with Crippen LogP contribution in [0, 0.1) is 5.41 Å². The number of hydrogen-bond donors (Lipinski definition) is 1. The van der Waals surface area contributed by atoms with Gasteiger partial charge in [0.2, 0.25) is 0 Å². The van der Waals surface area contributed by atoms with E-state index < -0.39 is 0 Å². The van der Waals surface area contributed by atoms with E-state index in [1.165, 1.54) is 6.42 Å². The molecular weight excluding hydrogens is 214 g/mol. The van der Waals surface area contributed by atoms with Gasteiger partial charge in [-0.25, -0.2) is 0 Å². The first kappa shape index (κ1) is 13.3. The second kappa shape index (κ2) is 5.25. The zero-order valence-electron chi connectivity index (χ0n) is 11.7. The highest BCUT2D eigenvalue weighted by Gasteiger charge is 2.51. The molecule has 2 fully saturated rings. The maximum absolute atomic E-state index is 5.83. The van der Waals surface area contributed by atoms with E-state index in [0.29, 0.717) is 29.7 Å². The number of rotatable bonds is 5. The van der Waals surface area contributed by atoms with Crippen molar-refractivity contribution >= 4 is 0 Å². The Morgan fingerprint density at radius 1 is 1.41 bits per heavy atom. The largest absolute Gasteiger partial charge is 0.378 e. The molecule has 1 aliphatic heterocycles. The molecule has 2 rings (SSSR count). The van der Waals surface area contributed by atoms with Gasteiger partial charge in [-0.15, -0.1) is 0 Å². The Kier molecular flexibility index (Phi) is 4.11.